The molecule has 0 aliphatic heterocycles. The van der Waals surface area contributed by atoms with Gasteiger partial charge in [-0.2, -0.15) is 0 Å². The van der Waals surface area contributed by atoms with Crippen molar-refractivity contribution in [2.24, 2.45) is 7.05 Å². The highest BCUT2D eigenvalue weighted by atomic mass is 32.2. The SMILES string of the molecule is Cn1c(CCNS(=O)(=O)c2ccccc2)ccc1CC(=O)O. The van der Waals surface area contributed by atoms with Gasteiger partial charge >= 0.3 is 5.97 Å². The average molecular weight is 322 g/mol. The van der Waals surface area contributed by atoms with Gasteiger partial charge in [0.1, 0.15) is 0 Å². The Kier molecular flexibility index (Phi) is 4.99. The maximum Gasteiger partial charge on any atom is 0.309 e. The van der Waals surface area contributed by atoms with Crippen molar-refractivity contribution in [2.45, 2.75) is 17.7 Å². The molecule has 7 heteroatoms. The number of benzene rings is 1. The van der Waals surface area contributed by atoms with Gasteiger partial charge in [0.05, 0.1) is 11.3 Å². The molecular weight excluding hydrogens is 304 g/mol. The third-order valence-corrected chi connectivity index (χ3v) is 4.87. The van der Waals surface area contributed by atoms with Crippen LogP contribution in [0.15, 0.2) is 47.4 Å². The van der Waals surface area contributed by atoms with Gasteiger partial charge in [0.15, 0.2) is 0 Å². The van der Waals surface area contributed by atoms with Gasteiger partial charge in [-0.25, -0.2) is 13.1 Å². The van der Waals surface area contributed by atoms with Crippen LogP contribution in [0.3, 0.4) is 0 Å². The lowest BCUT2D eigenvalue weighted by Gasteiger charge is -2.08. The van der Waals surface area contributed by atoms with E-state index in [9.17, 15) is 13.2 Å². The predicted octanol–water partition coefficient (Wildman–Crippen LogP) is 1.17. The van der Waals surface area contributed by atoms with Gasteiger partial charge in [0.25, 0.3) is 0 Å². The number of aromatic nitrogens is 1. The largest absolute Gasteiger partial charge is 0.481 e. The second-order valence-corrected chi connectivity index (χ2v) is 6.67. The zero-order chi connectivity index (χ0) is 16.2. The molecule has 0 aliphatic rings. The summed E-state index contributed by atoms with van der Waals surface area (Å²) in [6, 6.07) is 11.7. The molecule has 22 heavy (non-hydrogen) atoms. The Morgan fingerprint density at radius 2 is 1.77 bits per heavy atom. The van der Waals surface area contributed by atoms with Gasteiger partial charge in [-0.1, -0.05) is 18.2 Å². The van der Waals surface area contributed by atoms with Crippen LogP contribution in [0.4, 0.5) is 0 Å². The van der Waals surface area contributed by atoms with Gasteiger partial charge in [-0.15, -0.1) is 0 Å². The van der Waals surface area contributed by atoms with E-state index in [0.29, 0.717) is 12.1 Å². The number of carboxylic acids is 1. The summed E-state index contributed by atoms with van der Waals surface area (Å²) in [5.41, 5.74) is 1.57. The van der Waals surface area contributed by atoms with Crippen molar-refractivity contribution in [3.63, 3.8) is 0 Å². The minimum atomic E-state index is -3.51. The molecule has 118 valence electrons. The summed E-state index contributed by atoms with van der Waals surface area (Å²) in [5.74, 6) is -0.891. The number of aliphatic carboxylic acids is 1. The van der Waals surface area contributed by atoms with Crippen LogP contribution in [-0.4, -0.2) is 30.6 Å². The number of carbonyl (C=O) groups is 1. The van der Waals surface area contributed by atoms with Gasteiger partial charge in [-0.05, 0) is 24.3 Å². The van der Waals surface area contributed by atoms with Crippen molar-refractivity contribution in [3.05, 3.63) is 53.9 Å². The highest BCUT2D eigenvalue weighted by Crippen LogP contribution is 2.10. The van der Waals surface area contributed by atoms with Crippen LogP contribution in [0, 0.1) is 0 Å². The molecule has 1 aromatic heterocycles. The molecule has 0 bridgehead atoms. The molecule has 0 spiro atoms. The summed E-state index contributed by atoms with van der Waals surface area (Å²) < 4.78 is 28.5. The predicted molar refractivity (Wildman–Crippen MR) is 82.1 cm³/mol. The Labute approximate surface area is 129 Å². The van der Waals surface area contributed by atoms with Crippen LogP contribution in [0.1, 0.15) is 11.4 Å². The number of hydrogen-bond acceptors (Lipinski definition) is 3. The van der Waals surface area contributed by atoms with E-state index < -0.39 is 16.0 Å². The van der Waals surface area contributed by atoms with E-state index in [-0.39, 0.29) is 17.9 Å². The number of carboxylic acid groups (broad SMARTS) is 1. The van der Waals surface area contributed by atoms with Crippen LogP contribution < -0.4 is 4.72 Å². The van der Waals surface area contributed by atoms with E-state index in [4.69, 9.17) is 5.11 Å². The van der Waals surface area contributed by atoms with Crippen molar-refractivity contribution < 1.29 is 18.3 Å². The number of sulfonamides is 1. The molecule has 1 heterocycles. The molecule has 0 radical (unpaired) electrons. The summed E-state index contributed by atoms with van der Waals surface area (Å²) in [4.78, 5) is 11.0. The summed E-state index contributed by atoms with van der Waals surface area (Å²) in [7, 11) is -1.73. The van der Waals surface area contributed by atoms with Crippen LogP contribution >= 0.6 is 0 Å². The van der Waals surface area contributed by atoms with Crippen molar-refractivity contribution in [1.29, 1.82) is 0 Å². The fourth-order valence-electron chi connectivity index (χ4n) is 2.18. The number of nitrogens with one attached hydrogen (secondary N) is 1. The quantitative estimate of drug-likeness (QED) is 0.801. The van der Waals surface area contributed by atoms with Crippen LogP contribution in [0.2, 0.25) is 0 Å². The van der Waals surface area contributed by atoms with Crippen LogP contribution in [0.25, 0.3) is 0 Å². The summed E-state index contributed by atoms with van der Waals surface area (Å²) in [5, 5.41) is 8.80. The first kappa shape index (κ1) is 16.3. The van der Waals surface area contributed by atoms with E-state index in [2.05, 4.69) is 4.72 Å². The molecule has 0 amide bonds. The lowest BCUT2D eigenvalue weighted by molar-refractivity contribution is -0.136. The topological polar surface area (TPSA) is 88.4 Å². The highest BCUT2D eigenvalue weighted by molar-refractivity contribution is 7.89. The number of hydrogen-bond donors (Lipinski definition) is 2. The van der Waals surface area contributed by atoms with Gasteiger partial charge in [0, 0.05) is 31.4 Å². The van der Waals surface area contributed by atoms with Crippen LogP contribution in [0.5, 0.6) is 0 Å². The van der Waals surface area contributed by atoms with Crippen LogP contribution in [-0.2, 0) is 34.7 Å². The minimum Gasteiger partial charge on any atom is -0.481 e. The maximum atomic E-state index is 12.1. The lowest BCUT2D eigenvalue weighted by atomic mass is 10.3. The second-order valence-electron chi connectivity index (χ2n) is 4.91. The monoisotopic (exact) mass is 322 g/mol. The van der Waals surface area contributed by atoms with Gasteiger partial charge < -0.3 is 9.67 Å². The molecule has 0 fully saturated rings. The molecule has 0 atom stereocenters. The average Bonchev–Trinajstić information content (AvgIpc) is 2.80. The molecular formula is C15H18N2O4S. The first-order chi connectivity index (χ1) is 10.4. The summed E-state index contributed by atoms with van der Waals surface area (Å²) in [6.07, 6.45) is 0.439. The smallest absolute Gasteiger partial charge is 0.309 e. The zero-order valence-electron chi connectivity index (χ0n) is 12.2. The Morgan fingerprint density at radius 3 is 2.41 bits per heavy atom. The summed E-state index contributed by atoms with van der Waals surface area (Å²) >= 11 is 0. The molecule has 2 rings (SSSR count). The highest BCUT2D eigenvalue weighted by Gasteiger charge is 2.13. The minimum absolute atomic E-state index is 0.0494. The lowest BCUT2D eigenvalue weighted by Crippen LogP contribution is -2.26. The normalized spacial score (nSPS) is 11.5. The first-order valence-corrected chi connectivity index (χ1v) is 8.28. The Hall–Kier alpha value is -2.12. The molecule has 1 aromatic carbocycles. The van der Waals surface area contributed by atoms with Gasteiger partial charge in [-0.3, -0.25) is 4.79 Å². The van der Waals surface area contributed by atoms with Crippen molar-refractivity contribution in [2.75, 3.05) is 6.54 Å². The molecule has 0 saturated heterocycles. The molecule has 0 unspecified atom stereocenters. The standard InChI is InChI=1S/C15H18N2O4S/c1-17-12(7-8-13(17)11-15(18)19)9-10-16-22(20,21)14-5-3-2-4-6-14/h2-8,16H,9-11H2,1H3,(H,18,19). The Bertz CT molecular complexity index is 751. The van der Waals surface area contributed by atoms with E-state index in [1.807, 2.05) is 6.07 Å². The molecule has 0 aliphatic carbocycles. The molecule has 2 N–H and O–H groups in total. The molecule has 0 saturated carbocycles. The van der Waals surface area contributed by atoms with Crippen molar-refractivity contribution >= 4 is 16.0 Å². The molecule has 2 aromatic rings. The number of rotatable bonds is 7. The fourth-order valence-corrected chi connectivity index (χ4v) is 3.23. The third-order valence-electron chi connectivity index (χ3n) is 3.39. The zero-order valence-corrected chi connectivity index (χ0v) is 13.0. The van der Waals surface area contributed by atoms with E-state index in [1.54, 1.807) is 35.9 Å². The first-order valence-electron chi connectivity index (χ1n) is 6.80. The maximum absolute atomic E-state index is 12.1. The van der Waals surface area contributed by atoms with Crippen molar-refractivity contribution in [3.8, 4) is 0 Å². The van der Waals surface area contributed by atoms with E-state index in [1.165, 1.54) is 12.1 Å². The van der Waals surface area contributed by atoms with E-state index in [0.717, 1.165) is 5.69 Å². The number of nitrogens with zero attached hydrogens (tertiary/aromatic N) is 1. The fraction of sp³-hybridized carbons (Fsp3) is 0.267. The second kappa shape index (κ2) is 6.76. The van der Waals surface area contributed by atoms with E-state index >= 15 is 0 Å². The molecule has 6 nitrogen and oxygen atoms in total. The summed E-state index contributed by atoms with van der Waals surface area (Å²) in [6.45, 7) is 0.252. The Balaban J connectivity index is 1.97. The third kappa shape index (κ3) is 3.96. The van der Waals surface area contributed by atoms with Gasteiger partial charge in [0.2, 0.25) is 10.0 Å². The Morgan fingerprint density at radius 1 is 1.14 bits per heavy atom. The van der Waals surface area contributed by atoms with Crippen molar-refractivity contribution in [1.82, 2.24) is 9.29 Å².